The number of nitrogens with one attached hydrogen (secondary N) is 2. The molecule has 15 heavy (non-hydrogen) atoms. The van der Waals surface area contributed by atoms with E-state index in [4.69, 9.17) is 0 Å². The largest absolute Gasteiger partial charge is 0.356 e. The van der Waals surface area contributed by atoms with Gasteiger partial charge in [0, 0.05) is 32.7 Å². The molecule has 0 saturated carbocycles. The summed E-state index contributed by atoms with van der Waals surface area (Å²) in [5, 5.41) is 5.86. The number of amides is 2. The maximum Gasteiger partial charge on any atom is 0.232 e. The minimum Gasteiger partial charge on any atom is -0.356 e. The molecule has 5 heteroatoms. The molecule has 1 aliphatic heterocycles. The van der Waals surface area contributed by atoms with Crippen LogP contribution in [-0.2, 0) is 9.59 Å². The van der Waals surface area contributed by atoms with E-state index in [0.29, 0.717) is 19.6 Å². The predicted octanol–water partition coefficient (Wildman–Crippen LogP) is -0.665. The van der Waals surface area contributed by atoms with E-state index < -0.39 is 0 Å². The molecular weight excluding hydrogens is 194 g/mol. The van der Waals surface area contributed by atoms with E-state index in [1.54, 1.807) is 4.90 Å². The Morgan fingerprint density at radius 3 is 2.60 bits per heavy atom. The van der Waals surface area contributed by atoms with Gasteiger partial charge in [-0.1, -0.05) is 6.92 Å². The van der Waals surface area contributed by atoms with E-state index in [-0.39, 0.29) is 18.2 Å². The van der Waals surface area contributed by atoms with Gasteiger partial charge >= 0.3 is 0 Å². The standard InChI is InChI=1S/C10H19N3O2/c1-2-3-12-9(14)8-10(15)13-6-4-11-5-7-13/h11H,2-8H2,1H3,(H,12,14). The smallest absolute Gasteiger partial charge is 0.232 e. The third-order valence-electron chi connectivity index (χ3n) is 2.35. The molecule has 1 fully saturated rings. The second-order valence-electron chi connectivity index (χ2n) is 3.66. The minimum atomic E-state index is -0.166. The molecule has 0 bridgehead atoms. The summed E-state index contributed by atoms with van der Waals surface area (Å²) >= 11 is 0. The molecule has 2 N–H and O–H groups in total. The van der Waals surface area contributed by atoms with Gasteiger partial charge in [0.15, 0.2) is 0 Å². The van der Waals surface area contributed by atoms with Gasteiger partial charge in [0.2, 0.25) is 11.8 Å². The molecule has 1 aliphatic rings. The van der Waals surface area contributed by atoms with Gasteiger partial charge in [-0.3, -0.25) is 9.59 Å². The Labute approximate surface area is 90.2 Å². The Balaban J connectivity index is 2.24. The van der Waals surface area contributed by atoms with Crippen LogP contribution in [0.4, 0.5) is 0 Å². The molecule has 0 unspecified atom stereocenters. The average Bonchev–Trinajstić information content (AvgIpc) is 2.27. The van der Waals surface area contributed by atoms with E-state index in [0.717, 1.165) is 19.5 Å². The monoisotopic (exact) mass is 213 g/mol. The van der Waals surface area contributed by atoms with Crippen molar-refractivity contribution in [3.05, 3.63) is 0 Å². The molecule has 5 nitrogen and oxygen atoms in total. The number of piperazine rings is 1. The number of hydrogen-bond donors (Lipinski definition) is 2. The van der Waals surface area contributed by atoms with Crippen molar-refractivity contribution in [2.45, 2.75) is 19.8 Å². The molecular formula is C10H19N3O2. The van der Waals surface area contributed by atoms with Gasteiger partial charge < -0.3 is 15.5 Å². The van der Waals surface area contributed by atoms with Gasteiger partial charge in [-0.15, -0.1) is 0 Å². The van der Waals surface area contributed by atoms with Crippen molar-refractivity contribution < 1.29 is 9.59 Å². The predicted molar refractivity (Wildman–Crippen MR) is 57.4 cm³/mol. The highest BCUT2D eigenvalue weighted by Crippen LogP contribution is 1.96. The number of nitrogens with zero attached hydrogens (tertiary/aromatic N) is 1. The van der Waals surface area contributed by atoms with Crippen LogP contribution in [0.3, 0.4) is 0 Å². The molecule has 0 radical (unpaired) electrons. The first-order valence-electron chi connectivity index (χ1n) is 5.49. The fourth-order valence-electron chi connectivity index (χ4n) is 1.49. The van der Waals surface area contributed by atoms with Gasteiger partial charge in [0.05, 0.1) is 0 Å². The SMILES string of the molecule is CCCNC(=O)CC(=O)N1CCNCC1. The van der Waals surface area contributed by atoms with Gasteiger partial charge in [-0.25, -0.2) is 0 Å². The third kappa shape index (κ3) is 4.29. The zero-order valence-corrected chi connectivity index (χ0v) is 9.21. The summed E-state index contributed by atoms with van der Waals surface area (Å²) in [6.07, 6.45) is 0.883. The normalized spacial score (nSPS) is 16.2. The minimum absolute atomic E-state index is 0.0139. The van der Waals surface area contributed by atoms with Crippen LogP contribution < -0.4 is 10.6 Å². The molecule has 0 atom stereocenters. The van der Waals surface area contributed by atoms with E-state index in [1.807, 2.05) is 6.92 Å². The fourth-order valence-corrected chi connectivity index (χ4v) is 1.49. The summed E-state index contributed by atoms with van der Waals surface area (Å²) in [5.41, 5.74) is 0. The zero-order valence-electron chi connectivity index (χ0n) is 9.21. The summed E-state index contributed by atoms with van der Waals surface area (Å²) < 4.78 is 0. The van der Waals surface area contributed by atoms with Crippen molar-refractivity contribution >= 4 is 11.8 Å². The van der Waals surface area contributed by atoms with Crippen molar-refractivity contribution in [2.24, 2.45) is 0 Å². The van der Waals surface area contributed by atoms with Gasteiger partial charge in [-0.05, 0) is 6.42 Å². The maximum atomic E-state index is 11.6. The van der Waals surface area contributed by atoms with Crippen molar-refractivity contribution in [3.8, 4) is 0 Å². The average molecular weight is 213 g/mol. The highest BCUT2D eigenvalue weighted by Gasteiger charge is 2.18. The Morgan fingerprint density at radius 1 is 1.33 bits per heavy atom. The summed E-state index contributed by atoms with van der Waals surface area (Å²) in [6.45, 7) is 5.69. The van der Waals surface area contributed by atoms with Crippen LogP contribution in [0.5, 0.6) is 0 Å². The second-order valence-corrected chi connectivity index (χ2v) is 3.66. The van der Waals surface area contributed by atoms with Crippen LogP contribution in [0.1, 0.15) is 19.8 Å². The number of rotatable bonds is 4. The van der Waals surface area contributed by atoms with Crippen LogP contribution in [0.2, 0.25) is 0 Å². The van der Waals surface area contributed by atoms with E-state index >= 15 is 0 Å². The molecule has 0 aromatic rings. The lowest BCUT2D eigenvalue weighted by Gasteiger charge is -2.27. The quantitative estimate of drug-likeness (QED) is 0.609. The summed E-state index contributed by atoms with van der Waals surface area (Å²) in [6, 6.07) is 0. The van der Waals surface area contributed by atoms with Crippen LogP contribution in [0.15, 0.2) is 0 Å². The molecule has 0 spiro atoms. The lowest BCUT2D eigenvalue weighted by atomic mass is 10.3. The number of carbonyl (C=O) groups excluding carboxylic acids is 2. The van der Waals surface area contributed by atoms with Crippen LogP contribution in [0, 0.1) is 0 Å². The van der Waals surface area contributed by atoms with Crippen molar-refractivity contribution in [3.63, 3.8) is 0 Å². The highest BCUT2D eigenvalue weighted by atomic mass is 16.2. The lowest BCUT2D eigenvalue weighted by Crippen LogP contribution is -2.47. The first-order valence-corrected chi connectivity index (χ1v) is 5.49. The van der Waals surface area contributed by atoms with Crippen molar-refractivity contribution in [2.75, 3.05) is 32.7 Å². The molecule has 2 amide bonds. The number of hydrogen-bond acceptors (Lipinski definition) is 3. The third-order valence-corrected chi connectivity index (χ3v) is 2.35. The highest BCUT2D eigenvalue weighted by molar-refractivity contribution is 5.96. The van der Waals surface area contributed by atoms with Gasteiger partial charge in [0.25, 0.3) is 0 Å². The van der Waals surface area contributed by atoms with E-state index in [1.165, 1.54) is 0 Å². The number of carbonyl (C=O) groups is 2. The topological polar surface area (TPSA) is 61.4 Å². The molecule has 0 aromatic heterocycles. The van der Waals surface area contributed by atoms with E-state index in [9.17, 15) is 9.59 Å². The van der Waals surface area contributed by atoms with Gasteiger partial charge in [0.1, 0.15) is 6.42 Å². The molecule has 86 valence electrons. The molecule has 1 saturated heterocycles. The Morgan fingerprint density at radius 2 is 2.00 bits per heavy atom. The molecule has 0 aromatic carbocycles. The molecule has 1 heterocycles. The van der Waals surface area contributed by atoms with Crippen LogP contribution >= 0.6 is 0 Å². The lowest BCUT2D eigenvalue weighted by molar-refractivity contribution is -0.136. The summed E-state index contributed by atoms with van der Waals surface area (Å²) in [7, 11) is 0. The Kier molecular flexibility index (Phi) is 5.10. The first kappa shape index (κ1) is 12.0. The van der Waals surface area contributed by atoms with Crippen molar-refractivity contribution in [1.82, 2.24) is 15.5 Å². The first-order chi connectivity index (χ1) is 7.24. The Bertz CT molecular complexity index is 225. The summed E-state index contributed by atoms with van der Waals surface area (Å²) in [4.78, 5) is 24.6. The summed E-state index contributed by atoms with van der Waals surface area (Å²) in [5.74, 6) is -0.231. The second kappa shape index (κ2) is 6.40. The van der Waals surface area contributed by atoms with Crippen LogP contribution in [0.25, 0.3) is 0 Å². The molecule has 1 rings (SSSR count). The zero-order chi connectivity index (χ0) is 11.1. The maximum absolute atomic E-state index is 11.6. The van der Waals surface area contributed by atoms with Gasteiger partial charge in [-0.2, -0.15) is 0 Å². The van der Waals surface area contributed by atoms with Crippen molar-refractivity contribution in [1.29, 1.82) is 0 Å². The Hall–Kier alpha value is -1.10. The van der Waals surface area contributed by atoms with Crippen LogP contribution in [-0.4, -0.2) is 49.4 Å². The molecule has 0 aliphatic carbocycles. The fraction of sp³-hybridized carbons (Fsp3) is 0.800. The van der Waals surface area contributed by atoms with E-state index in [2.05, 4.69) is 10.6 Å².